The summed E-state index contributed by atoms with van der Waals surface area (Å²) >= 11 is 0. The molecule has 4 rings (SSSR count). The van der Waals surface area contributed by atoms with Crippen LogP contribution in [-0.2, 0) is 20.7 Å². The number of likely N-dealkylation sites (tertiary alicyclic amines) is 1. The topological polar surface area (TPSA) is 121 Å². The number of carboxylic acid groups (broad SMARTS) is 1. The first-order chi connectivity index (χ1) is 19.2. The molecular weight excluding hydrogens is 541 g/mol. The molecule has 1 saturated heterocycles. The van der Waals surface area contributed by atoms with Crippen LogP contribution < -0.4 is 10.6 Å². The number of aromatic nitrogens is 1. The fourth-order valence-corrected chi connectivity index (χ4v) is 4.17. The zero-order valence-electron chi connectivity index (χ0n) is 23.2. The summed E-state index contributed by atoms with van der Waals surface area (Å²) < 4.78 is 37.3. The predicted molar refractivity (Wildman–Crippen MR) is 149 cm³/mol. The van der Waals surface area contributed by atoms with Crippen LogP contribution in [0.15, 0.2) is 60.9 Å². The fraction of sp³-hybridized carbons (Fsp3) is 0.379. The number of ether oxygens (including phenoxy) is 1. The molecule has 0 saturated carbocycles. The summed E-state index contributed by atoms with van der Waals surface area (Å²) in [7, 11) is 0. The normalized spacial score (nSPS) is 16.9. The van der Waals surface area contributed by atoms with Gasteiger partial charge >= 0.3 is 18.2 Å². The number of anilines is 2. The number of carbonyl (C=O) groups is 3. The maximum Gasteiger partial charge on any atom is 0.490 e. The number of aryl methyl sites for hydroxylation is 1. The van der Waals surface area contributed by atoms with Gasteiger partial charge in [0.05, 0.1) is 0 Å². The Bertz CT molecular complexity index is 1370. The molecule has 2 aromatic carbocycles. The average molecular weight is 575 g/mol. The van der Waals surface area contributed by atoms with Crippen molar-refractivity contribution in [1.82, 2.24) is 9.88 Å². The number of hydrogen-bond acceptors (Lipinski definition) is 6. The van der Waals surface area contributed by atoms with Crippen molar-refractivity contribution in [2.24, 2.45) is 0 Å². The molecule has 2 atom stereocenters. The number of fused-ring (bicyclic) bond motifs is 1. The van der Waals surface area contributed by atoms with E-state index in [-0.39, 0.29) is 11.9 Å². The van der Waals surface area contributed by atoms with E-state index in [2.05, 4.69) is 28.6 Å². The molecule has 2 heterocycles. The van der Waals surface area contributed by atoms with Gasteiger partial charge in [0.1, 0.15) is 11.6 Å². The van der Waals surface area contributed by atoms with Gasteiger partial charge in [0, 0.05) is 41.7 Å². The zero-order chi connectivity index (χ0) is 30.4. The number of benzene rings is 2. The summed E-state index contributed by atoms with van der Waals surface area (Å²) in [6.07, 6.45) is -0.567. The van der Waals surface area contributed by atoms with E-state index in [9.17, 15) is 22.8 Å². The van der Waals surface area contributed by atoms with Crippen molar-refractivity contribution in [2.45, 2.75) is 64.4 Å². The first-order valence-electron chi connectivity index (χ1n) is 13.0. The Kier molecular flexibility index (Phi) is 9.79. The van der Waals surface area contributed by atoms with Crippen molar-refractivity contribution in [3.05, 3.63) is 66.5 Å². The third-order valence-electron chi connectivity index (χ3n) is 6.12. The van der Waals surface area contributed by atoms with Gasteiger partial charge in [-0.1, -0.05) is 25.1 Å². The van der Waals surface area contributed by atoms with Gasteiger partial charge in [0.25, 0.3) is 0 Å². The molecule has 41 heavy (non-hydrogen) atoms. The summed E-state index contributed by atoms with van der Waals surface area (Å²) in [5, 5.41) is 15.7. The van der Waals surface area contributed by atoms with E-state index in [1.807, 2.05) is 69.4 Å². The lowest BCUT2D eigenvalue weighted by molar-refractivity contribution is -0.192. The predicted octanol–water partition coefficient (Wildman–Crippen LogP) is 5.86. The first-order valence-corrected chi connectivity index (χ1v) is 13.0. The Morgan fingerprint density at radius 3 is 2.24 bits per heavy atom. The van der Waals surface area contributed by atoms with Crippen molar-refractivity contribution >= 4 is 40.1 Å². The highest BCUT2D eigenvalue weighted by Crippen LogP contribution is 2.27. The first kappa shape index (κ1) is 31.2. The number of carboxylic acids is 1. The van der Waals surface area contributed by atoms with Crippen LogP contribution in [0.5, 0.6) is 0 Å². The molecule has 12 heteroatoms. The smallest absolute Gasteiger partial charge is 0.475 e. The maximum absolute atomic E-state index is 13.2. The Hall–Kier alpha value is -4.35. The van der Waals surface area contributed by atoms with Gasteiger partial charge in [-0.2, -0.15) is 13.2 Å². The Morgan fingerprint density at radius 1 is 1.02 bits per heavy atom. The average Bonchev–Trinajstić information content (AvgIpc) is 3.32. The number of carbonyl (C=O) groups excluding carboxylic acids is 2. The molecule has 0 unspecified atom stereocenters. The minimum atomic E-state index is -5.08. The summed E-state index contributed by atoms with van der Waals surface area (Å²) in [6.45, 7) is 7.93. The quantitative estimate of drug-likeness (QED) is 0.349. The molecule has 9 nitrogen and oxygen atoms in total. The highest BCUT2D eigenvalue weighted by atomic mass is 19.4. The largest absolute Gasteiger partial charge is 0.490 e. The van der Waals surface area contributed by atoms with Crippen LogP contribution in [0.1, 0.15) is 39.7 Å². The van der Waals surface area contributed by atoms with E-state index in [1.54, 1.807) is 6.20 Å². The van der Waals surface area contributed by atoms with Crippen LogP contribution in [0.4, 0.5) is 29.3 Å². The molecule has 3 aromatic rings. The van der Waals surface area contributed by atoms with Crippen molar-refractivity contribution in [1.29, 1.82) is 0 Å². The van der Waals surface area contributed by atoms with Crippen LogP contribution in [0, 0.1) is 0 Å². The maximum atomic E-state index is 13.2. The van der Waals surface area contributed by atoms with Gasteiger partial charge in [-0.15, -0.1) is 0 Å². The minimum Gasteiger partial charge on any atom is -0.475 e. The highest BCUT2D eigenvalue weighted by molar-refractivity contribution is 5.97. The number of alkyl halides is 3. The second-order valence-corrected chi connectivity index (χ2v) is 10.5. The second-order valence-electron chi connectivity index (χ2n) is 10.5. The van der Waals surface area contributed by atoms with Crippen molar-refractivity contribution in [2.75, 3.05) is 17.2 Å². The highest BCUT2D eigenvalue weighted by Gasteiger charge is 2.41. The van der Waals surface area contributed by atoms with Gasteiger partial charge in [-0.05, 0) is 74.9 Å². The molecule has 1 aliphatic rings. The minimum absolute atomic E-state index is 0.0926. The molecule has 2 amide bonds. The number of pyridine rings is 1. The molecule has 220 valence electrons. The third-order valence-corrected chi connectivity index (χ3v) is 6.12. The molecule has 1 aromatic heterocycles. The molecular formula is C29H33F3N4O5. The van der Waals surface area contributed by atoms with E-state index in [4.69, 9.17) is 14.6 Å². The third kappa shape index (κ3) is 9.09. The SMILES string of the molecule is CCc1ccc(NC(=O)[C@@H]2C[C@@H](Nc3ccc4cnccc4c3)CN2C(=O)OC(C)(C)C)cc1.O=C(O)C(F)(F)F. The molecule has 0 spiro atoms. The van der Waals surface area contributed by atoms with Crippen LogP contribution >= 0.6 is 0 Å². The molecule has 1 aliphatic heterocycles. The lowest BCUT2D eigenvalue weighted by Gasteiger charge is -2.28. The number of amides is 2. The van der Waals surface area contributed by atoms with Crippen LogP contribution in [0.3, 0.4) is 0 Å². The summed E-state index contributed by atoms with van der Waals surface area (Å²) in [5.74, 6) is -2.98. The van der Waals surface area contributed by atoms with Gasteiger partial charge in [0.2, 0.25) is 5.91 Å². The summed E-state index contributed by atoms with van der Waals surface area (Å²) in [4.78, 5) is 40.8. The van der Waals surface area contributed by atoms with E-state index >= 15 is 0 Å². The summed E-state index contributed by atoms with van der Waals surface area (Å²) in [5.41, 5.74) is 2.20. The van der Waals surface area contributed by atoms with E-state index in [0.717, 1.165) is 22.9 Å². The molecule has 0 aliphatic carbocycles. The molecule has 0 bridgehead atoms. The van der Waals surface area contributed by atoms with E-state index in [0.29, 0.717) is 18.7 Å². The monoisotopic (exact) mass is 574 g/mol. The van der Waals surface area contributed by atoms with E-state index in [1.165, 1.54) is 10.5 Å². The number of nitrogens with zero attached hydrogens (tertiary/aromatic N) is 2. The van der Waals surface area contributed by atoms with Crippen LogP contribution in [0.2, 0.25) is 0 Å². The fourth-order valence-electron chi connectivity index (χ4n) is 4.17. The summed E-state index contributed by atoms with van der Waals surface area (Å²) in [6, 6.07) is 15.1. The van der Waals surface area contributed by atoms with Gasteiger partial charge in [-0.3, -0.25) is 14.7 Å². The van der Waals surface area contributed by atoms with Gasteiger partial charge in [-0.25, -0.2) is 9.59 Å². The number of aliphatic carboxylic acids is 1. The Labute approximate surface area is 235 Å². The second kappa shape index (κ2) is 12.9. The molecule has 1 fully saturated rings. The standard InChI is InChI=1S/C27H32N4O3.C2HF3O2/c1-5-18-6-9-21(10-7-18)30-25(32)24-15-23(17-31(24)26(33)34-27(2,3)4)29-22-11-8-20-16-28-13-12-19(20)14-22;3-2(4,5)1(6)7/h6-14,16,23-24,29H,5,15,17H2,1-4H3,(H,30,32);(H,6,7)/t23-,24+;/m1./s1. The molecule has 3 N–H and O–H groups in total. The number of rotatable bonds is 5. The Balaban J connectivity index is 0.000000587. The van der Waals surface area contributed by atoms with Crippen LogP contribution in [0.25, 0.3) is 10.8 Å². The number of hydrogen-bond donors (Lipinski definition) is 3. The van der Waals surface area contributed by atoms with Gasteiger partial charge < -0.3 is 20.5 Å². The van der Waals surface area contributed by atoms with Crippen molar-refractivity contribution < 1.29 is 37.4 Å². The van der Waals surface area contributed by atoms with Crippen molar-refractivity contribution in [3.8, 4) is 0 Å². The van der Waals surface area contributed by atoms with Crippen molar-refractivity contribution in [3.63, 3.8) is 0 Å². The number of nitrogens with one attached hydrogen (secondary N) is 2. The van der Waals surface area contributed by atoms with Gasteiger partial charge in [0.15, 0.2) is 0 Å². The van der Waals surface area contributed by atoms with E-state index < -0.39 is 29.9 Å². The molecule has 0 radical (unpaired) electrons. The van der Waals surface area contributed by atoms with Crippen LogP contribution in [-0.4, -0.2) is 63.4 Å². The number of halogens is 3. The lowest BCUT2D eigenvalue weighted by Crippen LogP contribution is -2.45. The Morgan fingerprint density at radius 2 is 1.66 bits per heavy atom. The zero-order valence-corrected chi connectivity index (χ0v) is 23.2. The lowest BCUT2D eigenvalue weighted by atomic mass is 10.1.